The van der Waals surface area contributed by atoms with Crippen LogP contribution in [0.15, 0.2) is 18.2 Å². The highest BCUT2D eigenvalue weighted by Gasteiger charge is 2.18. The lowest BCUT2D eigenvalue weighted by atomic mass is 9.89. The summed E-state index contributed by atoms with van der Waals surface area (Å²) in [6, 6.07) is 6.79. The fourth-order valence-corrected chi connectivity index (χ4v) is 2.57. The molecule has 0 saturated carbocycles. The van der Waals surface area contributed by atoms with Gasteiger partial charge in [0.15, 0.2) is 0 Å². The van der Waals surface area contributed by atoms with Crippen LogP contribution in [0.1, 0.15) is 69.4 Å². The van der Waals surface area contributed by atoms with Crippen molar-refractivity contribution in [3.05, 3.63) is 29.3 Å². The van der Waals surface area contributed by atoms with Gasteiger partial charge in [0.2, 0.25) is 0 Å². The topological polar surface area (TPSA) is 9.23 Å². The summed E-state index contributed by atoms with van der Waals surface area (Å²) in [5.74, 6) is 2.43. The zero-order valence-electron chi connectivity index (χ0n) is 11.3. The molecule has 17 heavy (non-hydrogen) atoms. The normalized spacial score (nSPS) is 20.5. The Morgan fingerprint density at radius 3 is 3.00 bits per heavy atom. The average molecular weight is 232 g/mol. The first-order chi connectivity index (χ1) is 8.22. The van der Waals surface area contributed by atoms with Crippen molar-refractivity contribution >= 4 is 0 Å². The van der Waals surface area contributed by atoms with E-state index in [2.05, 4.69) is 39.0 Å². The number of unbranched alkanes of at least 4 members (excludes halogenated alkanes) is 1. The first kappa shape index (κ1) is 12.5. The Kier molecular flexibility index (Phi) is 4.09. The minimum Gasteiger partial charge on any atom is -0.493 e. The van der Waals surface area contributed by atoms with Crippen LogP contribution >= 0.6 is 0 Å². The number of rotatable bonds is 4. The molecular weight excluding hydrogens is 208 g/mol. The van der Waals surface area contributed by atoms with Crippen LogP contribution in [0, 0.1) is 0 Å². The van der Waals surface area contributed by atoms with Crippen molar-refractivity contribution in [2.75, 3.05) is 6.61 Å². The second-order valence-corrected chi connectivity index (χ2v) is 5.38. The van der Waals surface area contributed by atoms with Crippen LogP contribution in [0.25, 0.3) is 0 Å². The molecule has 1 aliphatic heterocycles. The fourth-order valence-electron chi connectivity index (χ4n) is 2.57. The van der Waals surface area contributed by atoms with Crippen molar-refractivity contribution < 1.29 is 4.74 Å². The molecule has 1 aliphatic rings. The van der Waals surface area contributed by atoms with Crippen LogP contribution in [0.4, 0.5) is 0 Å². The zero-order valence-corrected chi connectivity index (χ0v) is 11.3. The molecule has 0 aromatic heterocycles. The summed E-state index contributed by atoms with van der Waals surface area (Å²) in [5, 5.41) is 0. The van der Waals surface area contributed by atoms with Gasteiger partial charge in [-0.05, 0) is 41.9 Å². The van der Waals surface area contributed by atoms with Crippen molar-refractivity contribution in [1.29, 1.82) is 0 Å². The summed E-state index contributed by atoms with van der Waals surface area (Å²) in [6.45, 7) is 7.78. The summed E-state index contributed by atoms with van der Waals surface area (Å²) in [5.41, 5.74) is 2.90. The second kappa shape index (κ2) is 5.57. The third-order valence-electron chi connectivity index (χ3n) is 3.93. The molecule has 0 radical (unpaired) electrons. The van der Waals surface area contributed by atoms with E-state index in [9.17, 15) is 0 Å². The van der Waals surface area contributed by atoms with Crippen LogP contribution in [0.5, 0.6) is 5.75 Å². The molecule has 0 N–H and O–H groups in total. The van der Waals surface area contributed by atoms with Gasteiger partial charge in [-0.15, -0.1) is 0 Å². The van der Waals surface area contributed by atoms with E-state index in [1.807, 2.05) is 0 Å². The van der Waals surface area contributed by atoms with Gasteiger partial charge in [-0.1, -0.05) is 45.7 Å². The van der Waals surface area contributed by atoms with E-state index in [4.69, 9.17) is 4.74 Å². The molecule has 1 heterocycles. The van der Waals surface area contributed by atoms with Crippen molar-refractivity contribution in [2.45, 2.75) is 58.3 Å². The maximum Gasteiger partial charge on any atom is 0.122 e. The van der Waals surface area contributed by atoms with Crippen LogP contribution < -0.4 is 4.74 Å². The van der Waals surface area contributed by atoms with Gasteiger partial charge in [0, 0.05) is 0 Å². The van der Waals surface area contributed by atoms with Gasteiger partial charge in [0.25, 0.3) is 0 Å². The Morgan fingerprint density at radius 2 is 2.24 bits per heavy atom. The van der Waals surface area contributed by atoms with Crippen LogP contribution in [-0.2, 0) is 0 Å². The lowest BCUT2D eigenvalue weighted by molar-refractivity contribution is 0.272. The van der Waals surface area contributed by atoms with Crippen molar-refractivity contribution in [3.63, 3.8) is 0 Å². The molecule has 94 valence electrons. The molecule has 1 heteroatoms. The minimum absolute atomic E-state index is 0.650. The van der Waals surface area contributed by atoms with E-state index < -0.39 is 0 Å². The van der Waals surface area contributed by atoms with Gasteiger partial charge < -0.3 is 4.74 Å². The predicted molar refractivity (Wildman–Crippen MR) is 72.9 cm³/mol. The van der Waals surface area contributed by atoms with E-state index in [-0.39, 0.29) is 0 Å². The number of hydrogen-bond donors (Lipinski definition) is 0. The highest BCUT2D eigenvalue weighted by atomic mass is 16.5. The predicted octanol–water partition coefficient (Wildman–Crippen LogP) is 4.87. The maximum absolute atomic E-state index is 5.71. The summed E-state index contributed by atoms with van der Waals surface area (Å²) in [6.07, 6.45) is 5.06. The Labute approximate surface area is 105 Å². The molecule has 1 nitrogen and oxygen atoms in total. The summed E-state index contributed by atoms with van der Waals surface area (Å²) in [7, 11) is 0. The lowest BCUT2D eigenvalue weighted by Gasteiger charge is -2.24. The third-order valence-corrected chi connectivity index (χ3v) is 3.93. The van der Waals surface area contributed by atoms with Crippen LogP contribution in [0.2, 0.25) is 0 Å². The zero-order chi connectivity index (χ0) is 12.3. The smallest absolute Gasteiger partial charge is 0.122 e. The molecule has 0 spiro atoms. The molecule has 2 atom stereocenters. The lowest BCUT2D eigenvalue weighted by Crippen LogP contribution is -2.12. The fraction of sp³-hybridized carbons (Fsp3) is 0.625. The number of benzene rings is 1. The van der Waals surface area contributed by atoms with Crippen LogP contribution in [-0.4, -0.2) is 6.61 Å². The van der Waals surface area contributed by atoms with Gasteiger partial charge in [0.05, 0.1) is 6.61 Å². The van der Waals surface area contributed by atoms with Crippen molar-refractivity contribution in [1.82, 2.24) is 0 Å². The molecule has 1 aromatic rings. The van der Waals surface area contributed by atoms with Crippen molar-refractivity contribution in [2.24, 2.45) is 0 Å². The number of fused-ring (bicyclic) bond motifs is 1. The van der Waals surface area contributed by atoms with E-state index >= 15 is 0 Å². The van der Waals surface area contributed by atoms with Crippen molar-refractivity contribution in [3.8, 4) is 5.75 Å². The molecule has 0 amide bonds. The SMILES string of the molecule is CCCCC(C)c1ccc2c(c1)C(C)CCO2. The van der Waals surface area contributed by atoms with Crippen LogP contribution in [0.3, 0.4) is 0 Å². The molecule has 0 aliphatic carbocycles. The van der Waals surface area contributed by atoms with Gasteiger partial charge in [-0.25, -0.2) is 0 Å². The monoisotopic (exact) mass is 232 g/mol. The maximum atomic E-state index is 5.71. The Balaban J connectivity index is 2.17. The first-order valence-electron chi connectivity index (χ1n) is 6.99. The standard InChI is InChI=1S/C16H24O/c1-4-5-6-12(2)14-7-8-16-15(11-14)13(3)9-10-17-16/h7-8,11-13H,4-6,9-10H2,1-3H3. The molecular formula is C16H24O. The Hall–Kier alpha value is -0.980. The quantitative estimate of drug-likeness (QED) is 0.720. The largest absolute Gasteiger partial charge is 0.493 e. The Bertz CT molecular complexity index is 370. The number of ether oxygens (including phenoxy) is 1. The number of hydrogen-bond acceptors (Lipinski definition) is 1. The molecule has 2 rings (SSSR count). The molecule has 2 unspecified atom stereocenters. The molecule has 0 saturated heterocycles. The van der Waals surface area contributed by atoms with E-state index in [0.29, 0.717) is 11.8 Å². The molecule has 0 fully saturated rings. The van der Waals surface area contributed by atoms with E-state index in [0.717, 1.165) is 18.8 Å². The van der Waals surface area contributed by atoms with Gasteiger partial charge in [-0.3, -0.25) is 0 Å². The second-order valence-electron chi connectivity index (χ2n) is 5.38. The first-order valence-corrected chi connectivity index (χ1v) is 6.99. The van der Waals surface area contributed by atoms with E-state index in [1.54, 1.807) is 0 Å². The summed E-state index contributed by atoms with van der Waals surface area (Å²) >= 11 is 0. The van der Waals surface area contributed by atoms with E-state index in [1.165, 1.54) is 30.4 Å². The minimum atomic E-state index is 0.650. The van der Waals surface area contributed by atoms with Gasteiger partial charge in [0.1, 0.15) is 5.75 Å². The molecule has 0 bridgehead atoms. The highest BCUT2D eigenvalue weighted by Crippen LogP contribution is 2.36. The average Bonchev–Trinajstić information content (AvgIpc) is 2.36. The van der Waals surface area contributed by atoms with Gasteiger partial charge in [-0.2, -0.15) is 0 Å². The third kappa shape index (κ3) is 2.83. The highest BCUT2D eigenvalue weighted by molar-refractivity contribution is 5.41. The molecule has 1 aromatic carbocycles. The van der Waals surface area contributed by atoms with Gasteiger partial charge >= 0.3 is 0 Å². The summed E-state index contributed by atoms with van der Waals surface area (Å²) in [4.78, 5) is 0. The summed E-state index contributed by atoms with van der Waals surface area (Å²) < 4.78 is 5.71. The Morgan fingerprint density at radius 1 is 1.41 bits per heavy atom.